The van der Waals surface area contributed by atoms with Crippen LogP contribution in [0.2, 0.25) is 0 Å². The van der Waals surface area contributed by atoms with Gasteiger partial charge in [0.15, 0.2) is 5.78 Å². The van der Waals surface area contributed by atoms with Crippen molar-refractivity contribution in [2.45, 2.75) is 24.7 Å². The molecular formula is C26H23NO2. The molecule has 0 saturated carbocycles. The monoisotopic (exact) mass is 381 g/mol. The molecule has 0 aliphatic carbocycles. The van der Waals surface area contributed by atoms with E-state index in [1.807, 2.05) is 84.9 Å². The van der Waals surface area contributed by atoms with Crippen molar-refractivity contribution in [3.63, 3.8) is 0 Å². The van der Waals surface area contributed by atoms with Crippen LogP contribution in [0.15, 0.2) is 97.1 Å². The lowest BCUT2D eigenvalue weighted by molar-refractivity contribution is -0.120. The van der Waals surface area contributed by atoms with E-state index < -0.39 is 5.41 Å². The predicted octanol–water partition coefficient (Wildman–Crippen LogP) is 5.34. The van der Waals surface area contributed by atoms with Crippen LogP contribution in [-0.4, -0.2) is 11.7 Å². The smallest absolute Gasteiger partial charge is 0.235 e. The highest BCUT2D eigenvalue weighted by molar-refractivity contribution is 6.06. The number of rotatable bonds is 7. The van der Waals surface area contributed by atoms with E-state index in [9.17, 15) is 9.59 Å². The van der Waals surface area contributed by atoms with Crippen molar-refractivity contribution in [2.75, 3.05) is 5.32 Å². The third-order valence-electron chi connectivity index (χ3n) is 5.51. The summed E-state index contributed by atoms with van der Waals surface area (Å²) in [5.41, 5.74) is 3.06. The molecule has 1 heterocycles. The largest absolute Gasteiger partial charge is 0.325 e. The molecular weight excluding hydrogens is 358 g/mol. The van der Waals surface area contributed by atoms with Crippen LogP contribution in [0.1, 0.15) is 34.3 Å². The molecule has 0 saturated heterocycles. The second-order valence-corrected chi connectivity index (χ2v) is 7.41. The number of ketones is 1. The van der Waals surface area contributed by atoms with E-state index in [1.165, 1.54) is 0 Å². The summed E-state index contributed by atoms with van der Waals surface area (Å²) in [6.07, 6.45) is 5.36. The molecule has 1 N–H and O–H groups in total. The Hall–Kier alpha value is -3.46. The second-order valence-electron chi connectivity index (χ2n) is 7.41. The molecule has 0 fully saturated rings. The van der Waals surface area contributed by atoms with Gasteiger partial charge in [0.05, 0.1) is 5.41 Å². The van der Waals surface area contributed by atoms with E-state index in [0.29, 0.717) is 24.8 Å². The van der Waals surface area contributed by atoms with Crippen molar-refractivity contribution in [3.05, 3.63) is 114 Å². The average molecular weight is 381 g/mol. The summed E-state index contributed by atoms with van der Waals surface area (Å²) in [5.74, 6) is 0.0943. The number of fused-ring (bicyclic) bond motifs is 1. The molecule has 3 heteroatoms. The lowest BCUT2D eigenvalue weighted by Crippen LogP contribution is -2.36. The van der Waals surface area contributed by atoms with Gasteiger partial charge in [-0.2, -0.15) is 0 Å². The Labute approximate surface area is 171 Å². The van der Waals surface area contributed by atoms with Gasteiger partial charge in [-0.15, -0.1) is 0 Å². The normalized spacial score (nSPS) is 17.9. The number of carbonyl (C=O) groups is 2. The van der Waals surface area contributed by atoms with Crippen LogP contribution in [0.5, 0.6) is 0 Å². The van der Waals surface area contributed by atoms with Gasteiger partial charge in [-0.3, -0.25) is 9.59 Å². The SMILES string of the molecule is O=C(C/C=C/CC1(Cc2ccccc2)C(=O)Nc2ccccc21)c1ccccc1. The van der Waals surface area contributed by atoms with Crippen molar-refractivity contribution >= 4 is 17.4 Å². The number of carbonyl (C=O) groups excluding carboxylic acids is 2. The number of hydrogen-bond donors (Lipinski definition) is 1. The van der Waals surface area contributed by atoms with Gasteiger partial charge in [-0.1, -0.05) is 91.0 Å². The van der Waals surface area contributed by atoms with Gasteiger partial charge in [0.25, 0.3) is 0 Å². The van der Waals surface area contributed by atoms with Crippen molar-refractivity contribution < 1.29 is 9.59 Å². The Morgan fingerprint density at radius 2 is 1.48 bits per heavy atom. The fourth-order valence-electron chi connectivity index (χ4n) is 3.99. The Kier molecular flexibility index (Phi) is 5.39. The minimum atomic E-state index is -0.662. The Bertz CT molecular complexity index is 1040. The van der Waals surface area contributed by atoms with Crippen LogP contribution in [0.3, 0.4) is 0 Å². The number of amides is 1. The molecule has 1 aliphatic rings. The highest BCUT2D eigenvalue weighted by Gasteiger charge is 2.45. The standard InChI is InChI=1S/C26H23NO2/c28-24(21-13-5-2-6-14-21)17-9-10-18-26(19-20-11-3-1-4-12-20)22-15-7-8-16-23(22)27-25(26)29/h1-16H,17-19H2,(H,27,29)/b10-9+. The highest BCUT2D eigenvalue weighted by Crippen LogP contribution is 2.43. The van der Waals surface area contributed by atoms with Gasteiger partial charge in [0.2, 0.25) is 5.91 Å². The molecule has 3 nitrogen and oxygen atoms in total. The number of anilines is 1. The van der Waals surface area contributed by atoms with Gasteiger partial charge in [-0.05, 0) is 30.0 Å². The summed E-state index contributed by atoms with van der Waals surface area (Å²) in [6.45, 7) is 0. The topological polar surface area (TPSA) is 46.2 Å². The van der Waals surface area contributed by atoms with Crippen molar-refractivity contribution in [1.29, 1.82) is 0 Å². The summed E-state index contributed by atoms with van der Waals surface area (Å²) in [5, 5.41) is 3.04. The van der Waals surface area contributed by atoms with E-state index in [1.54, 1.807) is 0 Å². The van der Waals surface area contributed by atoms with Crippen molar-refractivity contribution in [3.8, 4) is 0 Å². The Balaban J connectivity index is 1.57. The maximum absolute atomic E-state index is 13.1. The first-order valence-electron chi connectivity index (χ1n) is 9.87. The van der Waals surface area contributed by atoms with E-state index in [-0.39, 0.29) is 11.7 Å². The predicted molar refractivity (Wildman–Crippen MR) is 116 cm³/mol. The number of Topliss-reactive ketones (excluding diaryl/α,β-unsaturated/α-hetero) is 1. The maximum Gasteiger partial charge on any atom is 0.235 e. The van der Waals surface area contributed by atoms with Gasteiger partial charge in [0, 0.05) is 17.7 Å². The minimum absolute atomic E-state index is 0.0154. The fourth-order valence-corrected chi connectivity index (χ4v) is 3.99. The fraction of sp³-hybridized carbons (Fsp3) is 0.154. The van der Waals surface area contributed by atoms with E-state index in [4.69, 9.17) is 0 Å². The molecule has 144 valence electrons. The lowest BCUT2D eigenvalue weighted by Gasteiger charge is -2.26. The van der Waals surface area contributed by atoms with Crippen LogP contribution in [0.25, 0.3) is 0 Å². The molecule has 4 rings (SSSR count). The van der Waals surface area contributed by atoms with Crippen molar-refractivity contribution in [1.82, 2.24) is 0 Å². The first-order valence-corrected chi connectivity index (χ1v) is 9.87. The zero-order valence-electron chi connectivity index (χ0n) is 16.2. The zero-order chi connectivity index (χ0) is 20.1. The molecule has 29 heavy (non-hydrogen) atoms. The van der Waals surface area contributed by atoms with Gasteiger partial charge >= 0.3 is 0 Å². The van der Waals surface area contributed by atoms with Crippen LogP contribution in [-0.2, 0) is 16.6 Å². The molecule has 3 aromatic carbocycles. The molecule has 1 unspecified atom stereocenters. The van der Waals surface area contributed by atoms with E-state index in [0.717, 1.165) is 16.8 Å². The van der Waals surface area contributed by atoms with Gasteiger partial charge in [0.1, 0.15) is 0 Å². The molecule has 0 aromatic heterocycles. The molecule has 0 radical (unpaired) electrons. The van der Waals surface area contributed by atoms with Crippen LogP contribution < -0.4 is 5.32 Å². The second kappa shape index (κ2) is 8.27. The third kappa shape index (κ3) is 3.90. The number of allylic oxidation sites excluding steroid dienone is 2. The van der Waals surface area contributed by atoms with Gasteiger partial charge < -0.3 is 5.32 Å². The maximum atomic E-state index is 13.1. The quantitative estimate of drug-likeness (QED) is 0.444. The highest BCUT2D eigenvalue weighted by atomic mass is 16.2. The summed E-state index contributed by atoms with van der Waals surface area (Å²) >= 11 is 0. The minimum Gasteiger partial charge on any atom is -0.325 e. The Morgan fingerprint density at radius 1 is 0.828 bits per heavy atom. The van der Waals surface area contributed by atoms with Crippen LogP contribution >= 0.6 is 0 Å². The molecule has 0 spiro atoms. The van der Waals surface area contributed by atoms with Crippen LogP contribution in [0.4, 0.5) is 5.69 Å². The molecule has 0 bridgehead atoms. The Morgan fingerprint density at radius 3 is 2.24 bits per heavy atom. The third-order valence-corrected chi connectivity index (χ3v) is 5.51. The number of benzene rings is 3. The zero-order valence-corrected chi connectivity index (χ0v) is 16.2. The van der Waals surface area contributed by atoms with E-state index in [2.05, 4.69) is 17.4 Å². The lowest BCUT2D eigenvalue weighted by atomic mass is 9.74. The number of nitrogens with one attached hydrogen (secondary N) is 1. The average Bonchev–Trinajstić information content (AvgIpc) is 3.04. The molecule has 1 atom stereocenters. The summed E-state index contributed by atoms with van der Waals surface area (Å²) < 4.78 is 0. The molecule has 3 aromatic rings. The van der Waals surface area contributed by atoms with Crippen molar-refractivity contribution in [2.24, 2.45) is 0 Å². The van der Waals surface area contributed by atoms with Gasteiger partial charge in [-0.25, -0.2) is 0 Å². The summed E-state index contributed by atoms with van der Waals surface area (Å²) in [4.78, 5) is 25.4. The molecule has 1 aliphatic heterocycles. The first-order chi connectivity index (χ1) is 14.2. The van der Waals surface area contributed by atoms with Crippen LogP contribution in [0, 0.1) is 0 Å². The summed E-state index contributed by atoms with van der Waals surface area (Å²) in [6, 6.07) is 27.3. The number of hydrogen-bond acceptors (Lipinski definition) is 2. The summed E-state index contributed by atoms with van der Waals surface area (Å²) in [7, 11) is 0. The van der Waals surface area contributed by atoms with E-state index >= 15 is 0 Å². The number of para-hydroxylation sites is 1. The molecule has 1 amide bonds. The first kappa shape index (κ1) is 18.9.